The van der Waals surface area contributed by atoms with Crippen molar-refractivity contribution >= 4 is 17.9 Å². The standard InChI is InChI=1S/C61H102O6/c1-4-7-10-13-16-19-22-25-28-29-30-31-34-36-39-42-45-48-51-54-60(63)66-57-58(67-61(64)55-52-49-46-43-40-37-33-27-24-21-18-15-12-9-6-3)56-65-59(62)53-50-47-44-41-38-35-32-26-23-20-17-14-11-8-5-2/h7,10,16,18-21,23,25,27-28,30-31,33,36,39,58H,4-6,8-9,11-15,17,22,24,26,29,32,34-35,37-38,40-57H2,1-3H3/b10-7-,19-16-,21-18-,23-20-,28-25-,31-30-,33-27-,39-36-/t58-/m0/s1. The van der Waals surface area contributed by atoms with E-state index >= 15 is 0 Å². The molecular formula is C61H102O6. The molecule has 0 aliphatic carbocycles. The van der Waals surface area contributed by atoms with Gasteiger partial charge in [-0.2, -0.15) is 0 Å². The first kappa shape index (κ1) is 63.3. The summed E-state index contributed by atoms with van der Waals surface area (Å²) in [7, 11) is 0. The van der Waals surface area contributed by atoms with Gasteiger partial charge in [0.2, 0.25) is 0 Å². The Hall–Kier alpha value is -3.67. The molecule has 0 spiro atoms. The Kier molecular flexibility index (Phi) is 51.9. The molecule has 1 atom stereocenters. The first-order chi connectivity index (χ1) is 33.0. The highest BCUT2D eigenvalue weighted by atomic mass is 16.6. The van der Waals surface area contributed by atoms with Gasteiger partial charge in [-0.1, -0.05) is 208 Å². The van der Waals surface area contributed by atoms with Gasteiger partial charge in [0.25, 0.3) is 0 Å². The van der Waals surface area contributed by atoms with Crippen LogP contribution in [0.3, 0.4) is 0 Å². The monoisotopic (exact) mass is 931 g/mol. The van der Waals surface area contributed by atoms with E-state index < -0.39 is 6.10 Å². The van der Waals surface area contributed by atoms with Crippen molar-refractivity contribution in [1.82, 2.24) is 0 Å². The highest BCUT2D eigenvalue weighted by Gasteiger charge is 2.19. The number of esters is 3. The second-order valence-electron chi connectivity index (χ2n) is 18.1. The number of hydrogen-bond acceptors (Lipinski definition) is 6. The smallest absolute Gasteiger partial charge is 0.306 e. The third-order valence-electron chi connectivity index (χ3n) is 11.5. The average Bonchev–Trinajstić information content (AvgIpc) is 3.33. The van der Waals surface area contributed by atoms with Crippen LogP contribution < -0.4 is 0 Å². The van der Waals surface area contributed by atoms with E-state index in [4.69, 9.17) is 14.2 Å². The van der Waals surface area contributed by atoms with Crippen LogP contribution in [0.25, 0.3) is 0 Å². The third-order valence-corrected chi connectivity index (χ3v) is 11.5. The van der Waals surface area contributed by atoms with Crippen LogP contribution in [0, 0.1) is 0 Å². The topological polar surface area (TPSA) is 78.9 Å². The quantitative estimate of drug-likeness (QED) is 0.0262. The van der Waals surface area contributed by atoms with Crippen LogP contribution in [0.15, 0.2) is 97.2 Å². The van der Waals surface area contributed by atoms with Gasteiger partial charge in [-0.25, -0.2) is 0 Å². The molecule has 0 rings (SSSR count). The number of ether oxygens (including phenoxy) is 3. The van der Waals surface area contributed by atoms with Crippen molar-refractivity contribution in [2.24, 2.45) is 0 Å². The van der Waals surface area contributed by atoms with Crippen LogP contribution in [0.1, 0.15) is 252 Å². The second kappa shape index (κ2) is 54.9. The summed E-state index contributed by atoms with van der Waals surface area (Å²) in [6.07, 6.45) is 72.4. The number of unbranched alkanes of at least 4 members (excludes halogenated alkanes) is 22. The van der Waals surface area contributed by atoms with Gasteiger partial charge in [0.1, 0.15) is 13.2 Å². The summed E-state index contributed by atoms with van der Waals surface area (Å²) in [6.45, 7) is 6.44. The molecule has 382 valence electrons. The Labute approximate surface area is 413 Å². The lowest BCUT2D eigenvalue weighted by atomic mass is 10.1. The molecule has 0 saturated carbocycles. The van der Waals surface area contributed by atoms with E-state index in [1.165, 1.54) is 89.9 Å². The van der Waals surface area contributed by atoms with Gasteiger partial charge in [0, 0.05) is 19.3 Å². The minimum Gasteiger partial charge on any atom is -0.462 e. The largest absolute Gasteiger partial charge is 0.462 e. The summed E-state index contributed by atoms with van der Waals surface area (Å²) in [4.78, 5) is 38.1. The fourth-order valence-corrected chi connectivity index (χ4v) is 7.37. The predicted molar refractivity (Wildman–Crippen MR) is 288 cm³/mol. The highest BCUT2D eigenvalue weighted by molar-refractivity contribution is 5.71. The Balaban J connectivity index is 4.48. The van der Waals surface area contributed by atoms with Crippen molar-refractivity contribution in [3.8, 4) is 0 Å². The van der Waals surface area contributed by atoms with Crippen molar-refractivity contribution in [2.75, 3.05) is 13.2 Å². The molecule has 0 aromatic rings. The maximum Gasteiger partial charge on any atom is 0.306 e. The van der Waals surface area contributed by atoms with Gasteiger partial charge in [0.05, 0.1) is 0 Å². The molecule has 0 aliphatic rings. The van der Waals surface area contributed by atoms with Gasteiger partial charge in [-0.15, -0.1) is 0 Å². The summed E-state index contributed by atoms with van der Waals surface area (Å²) in [5, 5.41) is 0. The molecule has 0 fully saturated rings. The molecule has 0 amide bonds. The second-order valence-corrected chi connectivity index (χ2v) is 18.1. The first-order valence-corrected chi connectivity index (χ1v) is 27.7. The van der Waals surface area contributed by atoms with E-state index in [0.29, 0.717) is 19.3 Å². The van der Waals surface area contributed by atoms with E-state index in [2.05, 4.69) is 118 Å². The summed E-state index contributed by atoms with van der Waals surface area (Å²) in [6, 6.07) is 0. The van der Waals surface area contributed by atoms with Crippen LogP contribution >= 0.6 is 0 Å². The summed E-state index contributed by atoms with van der Waals surface area (Å²) in [5.74, 6) is -0.948. The maximum atomic E-state index is 12.8. The molecule has 0 aromatic heterocycles. The van der Waals surface area contributed by atoms with E-state index in [9.17, 15) is 14.4 Å². The molecular weight excluding hydrogens is 829 g/mol. The maximum absolute atomic E-state index is 12.8. The van der Waals surface area contributed by atoms with Crippen molar-refractivity contribution < 1.29 is 28.6 Å². The zero-order chi connectivity index (χ0) is 48.6. The predicted octanol–water partition coefficient (Wildman–Crippen LogP) is 18.5. The molecule has 0 heterocycles. The third kappa shape index (κ3) is 53.2. The highest BCUT2D eigenvalue weighted by Crippen LogP contribution is 2.14. The normalized spacial score (nSPS) is 12.8. The number of carbonyl (C=O) groups is 3. The Morgan fingerprint density at radius 2 is 0.582 bits per heavy atom. The van der Waals surface area contributed by atoms with Crippen molar-refractivity contribution in [1.29, 1.82) is 0 Å². The fourth-order valence-electron chi connectivity index (χ4n) is 7.37. The minimum atomic E-state index is -0.801. The molecule has 67 heavy (non-hydrogen) atoms. The molecule has 0 unspecified atom stereocenters. The molecule has 0 bridgehead atoms. The van der Waals surface area contributed by atoms with Crippen molar-refractivity contribution in [2.45, 2.75) is 258 Å². The van der Waals surface area contributed by atoms with Gasteiger partial charge in [-0.3, -0.25) is 14.4 Å². The molecule has 6 nitrogen and oxygen atoms in total. The van der Waals surface area contributed by atoms with Crippen LogP contribution in [-0.4, -0.2) is 37.2 Å². The van der Waals surface area contributed by atoms with Crippen molar-refractivity contribution in [3.05, 3.63) is 97.2 Å². The van der Waals surface area contributed by atoms with E-state index in [0.717, 1.165) is 122 Å². The Bertz CT molecular complexity index is 1350. The molecule has 0 aromatic carbocycles. The Morgan fingerprint density at radius 3 is 0.970 bits per heavy atom. The molecule has 0 N–H and O–H groups in total. The van der Waals surface area contributed by atoms with E-state index in [1.54, 1.807) is 0 Å². The van der Waals surface area contributed by atoms with Gasteiger partial charge in [-0.05, 0) is 122 Å². The Morgan fingerprint density at radius 1 is 0.313 bits per heavy atom. The molecule has 0 radical (unpaired) electrons. The zero-order valence-corrected chi connectivity index (χ0v) is 43.6. The van der Waals surface area contributed by atoms with Crippen LogP contribution in [-0.2, 0) is 28.6 Å². The lowest BCUT2D eigenvalue weighted by Gasteiger charge is -2.18. The first-order valence-electron chi connectivity index (χ1n) is 27.7. The SMILES string of the molecule is CC/C=C\C/C=C\C/C=C\C/C=C\C/C=C\CCCCCC(=O)OC[C@H](COC(=O)CCCCCCCCC/C=C\CCCCCC)OC(=O)CCCCCCC/C=C\C/C=C\CCCCC. The lowest BCUT2D eigenvalue weighted by molar-refractivity contribution is -0.167. The number of allylic oxidation sites excluding steroid dienone is 16. The average molecular weight is 931 g/mol. The lowest BCUT2D eigenvalue weighted by Crippen LogP contribution is -2.30. The van der Waals surface area contributed by atoms with Gasteiger partial charge >= 0.3 is 17.9 Å². The molecule has 0 aliphatic heterocycles. The van der Waals surface area contributed by atoms with Gasteiger partial charge < -0.3 is 14.2 Å². The van der Waals surface area contributed by atoms with Crippen LogP contribution in [0.5, 0.6) is 0 Å². The fraction of sp³-hybridized carbons (Fsp3) is 0.689. The van der Waals surface area contributed by atoms with Crippen molar-refractivity contribution in [3.63, 3.8) is 0 Å². The van der Waals surface area contributed by atoms with E-state index in [-0.39, 0.29) is 31.1 Å². The molecule has 6 heteroatoms. The van der Waals surface area contributed by atoms with Crippen LogP contribution in [0.4, 0.5) is 0 Å². The van der Waals surface area contributed by atoms with Gasteiger partial charge in [0.15, 0.2) is 6.10 Å². The number of hydrogen-bond donors (Lipinski definition) is 0. The van der Waals surface area contributed by atoms with E-state index in [1.807, 2.05) is 0 Å². The number of carbonyl (C=O) groups excluding carboxylic acids is 3. The minimum absolute atomic E-state index is 0.0968. The summed E-state index contributed by atoms with van der Waals surface area (Å²) >= 11 is 0. The summed E-state index contributed by atoms with van der Waals surface area (Å²) < 4.78 is 16.8. The summed E-state index contributed by atoms with van der Waals surface area (Å²) in [5.41, 5.74) is 0. The molecule has 0 saturated heterocycles. The zero-order valence-electron chi connectivity index (χ0n) is 43.6. The van der Waals surface area contributed by atoms with Crippen LogP contribution in [0.2, 0.25) is 0 Å². The number of rotatable bonds is 49.